The van der Waals surface area contributed by atoms with E-state index < -0.39 is 5.41 Å². The molecule has 1 aliphatic heterocycles. The number of carbonyl (C=O) groups is 1. The first-order valence-corrected chi connectivity index (χ1v) is 8.83. The molecule has 0 unspecified atom stereocenters. The van der Waals surface area contributed by atoms with Gasteiger partial charge in [-0.1, -0.05) is 48.4 Å². The third kappa shape index (κ3) is 1.60. The molecule has 2 fully saturated rings. The molecule has 2 aromatic rings. The Labute approximate surface area is 146 Å². The molecule has 0 N–H and O–H groups in total. The van der Waals surface area contributed by atoms with Gasteiger partial charge in [-0.2, -0.15) is 0 Å². The molecule has 0 bridgehead atoms. The van der Waals surface area contributed by atoms with E-state index in [0.29, 0.717) is 16.7 Å². The van der Waals surface area contributed by atoms with Crippen molar-refractivity contribution in [1.29, 1.82) is 0 Å². The van der Waals surface area contributed by atoms with Gasteiger partial charge in [0.15, 0.2) is 0 Å². The highest BCUT2D eigenvalue weighted by Gasteiger charge is 2.83. The molecule has 2 saturated carbocycles. The van der Waals surface area contributed by atoms with Crippen molar-refractivity contribution in [3.63, 3.8) is 0 Å². The van der Waals surface area contributed by atoms with E-state index >= 15 is 0 Å². The molecule has 3 heteroatoms. The molecule has 0 amide bonds. The van der Waals surface area contributed by atoms with Crippen LogP contribution in [0.15, 0.2) is 60.7 Å². The summed E-state index contributed by atoms with van der Waals surface area (Å²) in [6.45, 7) is 0. The summed E-state index contributed by atoms with van der Waals surface area (Å²) in [5.74, 6) is 0.961. The van der Waals surface area contributed by atoms with Crippen LogP contribution in [0.1, 0.15) is 30.4 Å². The van der Waals surface area contributed by atoms with Gasteiger partial charge >= 0.3 is 5.97 Å². The number of cyclic esters (lactones) is 1. The summed E-state index contributed by atoms with van der Waals surface area (Å²) in [5.41, 5.74) is 1.48. The lowest BCUT2D eigenvalue weighted by Crippen LogP contribution is -2.34. The van der Waals surface area contributed by atoms with Gasteiger partial charge in [0.1, 0.15) is 11.2 Å². The Bertz CT molecular complexity index is 855. The lowest BCUT2D eigenvalue weighted by atomic mass is 9.80. The first kappa shape index (κ1) is 14.3. The molecule has 1 heterocycles. The summed E-state index contributed by atoms with van der Waals surface area (Å²) in [6, 6.07) is 17.7. The molecule has 2 aromatic carbocycles. The first-order chi connectivity index (χ1) is 11.7. The Morgan fingerprint density at radius 3 is 2.54 bits per heavy atom. The molecule has 0 radical (unpaired) electrons. The summed E-state index contributed by atoms with van der Waals surface area (Å²) in [6.07, 6.45) is 5.55. The van der Waals surface area contributed by atoms with Gasteiger partial charge in [-0.25, -0.2) is 0 Å². The molecule has 2 nitrogen and oxygen atoms in total. The number of rotatable bonds is 2. The van der Waals surface area contributed by atoms with Crippen LogP contribution in [0.3, 0.4) is 0 Å². The molecule has 3 atom stereocenters. The largest absolute Gasteiger partial charge is 0.426 e. The number of benzene rings is 2. The Morgan fingerprint density at radius 2 is 1.79 bits per heavy atom. The number of hydrogen-bond acceptors (Lipinski definition) is 2. The number of hydrogen-bond donors (Lipinski definition) is 0. The maximum Gasteiger partial charge on any atom is 0.323 e. The second-order valence-corrected chi connectivity index (χ2v) is 7.50. The van der Waals surface area contributed by atoms with Crippen LogP contribution < -0.4 is 0 Å². The van der Waals surface area contributed by atoms with Crippen molar-refractivity contribution >= 4 is 23.3 Å². The van der Waals surface area contributed by atoms with Crippen LogP contribution in [-0.4, -0.2) is 5.97 Å². The minimum atomic E-state index is -0.470. The van der Waals surface area contributed by atoms with Crippen molar-refractivity contribution in [2.75, 3.05) is 0 Å². The minimum absolute atomic E-state index is 0.0708. The number of fused-ring (bicyclic) bond motifs is 1. The monoisotopic (exact) mass is 336 g/mol. The minimum Gasteiger partial charge on any atom is -0.426 e. The van der Waals surface area contributed by atoms with Crippen LogP contribution >= 0.6 is 11.6 Å². The summed E-state index contributed by atoms with van der Waals surface area (Å²) in [5, 5.41) is 0.684. The van der Waals surface area contributed by atoms with Crippen LogP contribution in [0.25, 0.3) is 5.76 Å². The lowest BCUT2D eigenvalue weighted by molar-refractivity contribution is -0.142. The highest BCUT2D eigenvalue weighted by Crippen LogP contribution is 2.80. The van der Waals surface area contributed by atoms with Crippen molar-refractivity contribution in [1.82, 2.24) is 0 Å². The molecule has 0 saturated heterocycles. The van der Waals surface area contributed by atoms with E-state index in [0.717, 1.165) is 24.0 Å². The molecule has 2 aliphatic carbocycles. The van der Waals surface area contributed by atoms with Gasteiger partial charge in [-0.05, 0) is 54.7 Å². The van der Waals surface area contributed by atoms with E-state index in [-0.39, 0.29) is 11.4 Å². The van der Waals surface area contributed by atoms with Gasteiger partial charge in [-0.15, -0.1) is 0 Å². The topological polar surface area (TPSA) is 26.3 Å². The van der Waals surface area contributed by atoms with Crippen molar-refractivity contribution in [3.05, 3.63) is 76.8 Å². The van der Waals surface area contributed by atoms with Crippen LogP contribution in [0.4, 0.5) is 0 Å². The molecule has 0 aromatic heterocycles. The first-order valence-electron chi connectivity index (χ1n) is 8.45. The summed E-state index contributed by atoms with van der Waals surface area (Å²) >= 11 is 5.98. The van der Waals surface area contributed by atoms with Crippen molar-refractivity contribution in [2.45, 2.75) is 24.7 Å². The van der Waals surface area contributed by atoms with Crippen molar-refractivity contribution in [3.8, 4) is 0 Å². The highest BCUT2D eigenvalue weighted by atomic mass is 35.5. The van der Waals surface area contributed by atoms with E-state index in [9.17, 15) is 4.79 Å². The summed E-state index contributed by atoms with van der Waals surface area (Å²) < 4.78 is 5.83. The summed E-state index contributed by atoms with van der Waals surface area (Å²) in [4.78, 5) is 13.1. The fraction of sp³-hybridized carbons (Fsp3) is 0.286. The van der Waals surface area contributed by atoms with E-state index in [1.807, 2.05) is 42.5 Å². The standard InChI is InChI=1S/C21H17ClO2/c22-16-10-8-14(9-11-16)17-13-20-12-4-7-18(20)21(20,19(23)24-17)15-5-2-1-3-6-15/h1-3,5-6,8-11,13,18H,4,7,12H2/t18-,20-,21+/m1/s1. The molecule has 3 aliphatic rings. The van der Waals surface area contributed by atoms with Crippen LogP contribution in [0, 0.1) is 11.3 Å². The van der Waals surface area contributed by atoms with E-state index in [4.69, 9.17) is 16.3 Å². The van der Waals surface area contributed by atoms with Crippen LogP contribution in [0.2, 0.25) is 5.02 Å². The fourth-order valence-corrected chi connectivity index (χ4v) is 5.32. The van der Waals surface area contributed by atoms with Gasteiger partial charge < -0.3 is 4.74 Å². The zero-order valence-electron chi connectivity index (χ0n) is 13.2. The Morgan fingerprint density at radius 1 is 1.04 bits per heavy atom. The predicted molar refractivity (Wildman–Crippen MR) is 93.4 cm³/mol. The number of esters is 1. The highest BCUT2D eigenvalue weighted by molar-refractivity contribution is 6.30. The van der Waals surface area contributed by atoms with E-state index in [1.165, 1.54) is 6.42 Å². The second kappa shape index (κ2) is 4.73. The maximum absolute atomic E-state index is 13.1. The summed E-state index contributed by atoms with van der Waals surface area (Å²) in [7, 11) is 0. The van der Waals surface area contributed by atoms with Crippen LogP contribution in [0.5, 0.6) is 0 Å². The third-order valence-corrected chi connectivity index (χ3v) is 6.40. The molecular formula is C21H17ClO2. The lowest BCUT2D eigenvalue weighted by Gasteiger charge is -2.29. The fourth-order valence-electron chi connectivity index (χ4n) is 5.19. The Kier molecular flexibility index (Phi) is 2.82. The number of halogens is 1. The van der Waals surface area contributed by atoms with Gasteiger partial charge in [0.05, 0.1) is 0 Å². The smallest absolute Gasteiger partial charge is 0.323 e. The molecular weight excluding hydrogens is 320 g/mol. The zero-order chi connectivity index (χ0) is 16.4. The average Bonchev–Trinajstić information content (AvgIpc) is 2.97. The normalized spacial score (nSPS) is 33.3. The maximum atomic E-state index is 13.1. The molecule has 5 rings (SSSR count). The molecule has 1 spiro atoms. The van der Waals surface area contributed by atoms with Gasteiger partial charge in [0, 0.05) is 16.0 Å². The van der Waals surface area contributed by atoms with Gasteiger partial charge in [0.2, 0.25) is 0 Å². The average molecular weight is 337 g/mol. The quantitative estimate of drug-likeness (QED) is 0.723. The number of carbonyl (C=O) groups excluding carboxylic acids is 1. The molecule has 120 valence electrons. The third-order valence-electron chi connectivity index (χ3n) is 6.15. The van der Waals surface area contributed by atoms with Crippen molar-refractivity contribution < 1.29 is 9.53 Å². The number of ether oxygens (including phenoxy) is 1. The van der Waals surface area contributed by atoms with Gasteiger partial charge in [-0.3, -0.25) is 4.79 Å². The second-order valence-electron chi connectivity index (χ2n) is 7.06. The van der Waals surface area contributed by atoms with E-state index in [2.05, 4.69) is 18.2 Å². The predicted octanol–water partition coefficient (Wildman–Crippen LogP) is 4.98. The Hall–Kier alpha value is -2.06. The van der Waals surface area contributed by atoms with E-state index in [1.54, 1.807) is 0 Å². The Balaban J connectivity index is 1.65. The SMILES string of the molecule is O=C1OC(c2ccc(Cl)cc2)=C[C@]23CCC[C@H]2[C@@]13c1ccccc1. The van der Waals surface area contributed by atoms with Crippen LogP contribution in [-0.2, 0) is 14.9 Å². The molecule has 24 heavy (non-hydrogen) atoms. The zero-order valence-corrected chi connectivity index (χ0v) is 13.9. The van der Waals surface area contributed by atoms with Crippen molar-refractivity contribution in [2.24, 2.45) is 11.3 Å². The number of allylic oxidation sites excluding steroid dienone is 1. The van der Waals surface area contributed by atoms with Gasteiger partial charge in [0.25, 0.3) is 0 Å².